The minimum Gasteiger partial charge on any atom is -0.606 e. The molecule has 0 aliphatic rings. The average Bonchev–Trinajstić information content (AvgIpc) is 2.67. The molecular formula is C22H22O3S. The lowest BCUT2D eigenvalue weighted by atomic mass is 9.99. The zero-order valence-corrected chi connectivity index (χ0v) is 16.2. The van der Waals surface area contributed by atoms with Crippen molar-refractivity contribution in [3.05, 3.63) is 71.8 Å². The summed E-state index contributed by atoms with van der Waals surface area (Å²) in [4.78, 5) is 1.58. The molecule has 0 aromatic heterocycles. The molecule has 4 heteroatoms. The van der Waals surface area contributed by atoms with Crippen LogP contribution in [0.5, 0.6) is 11.5 Å². The Morgan fingerprint density at radius 1 is 0.769 bits per heavy atom. The van der Waals surface area contributed by atoms with E-state index >= 15 is 0 Å². The molecule has 0 saturated carbocycles. The van der Waals surface area contributed by atoms with Gasteiger partial charge < -0.3 is 14.0 Å². The van der Waals surface area contributed by atoms with E-state index in [0.29, 0.717) is 11.5 Å². The lowest BCUT2D eigenvalue weighted by Gasteiger charge is -2.18. The molecule has 0 fully saturated rings. The smallest absolute Gasteiger partial charge is 0.166 e. The number of hydrogen-bond acceptors (Lipinski definition) is 3. The maximum atomic E-state index is 13.2. The zero-order chi connectivity index (χ0) is 18.7. The molecule has 0 saturated heterocycles. The van der Waals surface area contributed by atoms with Crippen LogP contribution in [0.3, 0.4) is 0 Å². The minimum absolute atomic E-state index is 0.686. The molecule has 0 amide bonds. The summed E-state index contributed by atoms with van der Waals surface area (Å²) in [7, 11) is 3.25. The van der Waals surface area contributed by atoms with E-state index in [2.05, 4.69) is 0 Å². The minimum atomic E-state index is -1.26. The first kappa shape index (κ1) is 18.4. The Morgan fingerprint density at radius 2 is 1.46 bits per heavy atom. The highest BCUT2D eigenvalue weighted by molar-refractivity contribution is 7.91. The van der Waals surface area contributed by atoms with Crippen molar-refractivity contribution in [2.24, 2.45) is 0 Å². The molecule has 0 bridgehead atoms. The van der Waals surface area contributed by atoms with E-state index in [1.165, 1.54) is 0 Å². The molecule has 134 valence electrons. The van der Waals surface area contributed by atoms with E-state index < -0.39 is 11.2 Å². The highest BCUT2D eigenvalue weighted by atomic mass is 32.2. The number of aryl methyl sites for hydroxylation is 1. The second-order valence-corrected chi connectivity index (χ2v) is 7.50. The van der Waals surface area contributed by atoms with Crippen LogP contribution >= 0.6 is 0 Å². The Labute approximate surface area is 157 Å². The van der Waals surface area contributed by atoms with Crippen LogP contribution in [-0.4, -0.2) is 18.8 Å². The van der Waals surface area contributed by atoms with Gasteiger partial charge in [0.05, 0.1) is 14.2 Å². The third-order valence-corrected chi connectivity index (χ3v) is 5.86. The summed E-state index contributed by atoms with van der Waals surface area (Å²) in [6.45, 7) is 4.01. The van der Waals surface area contributed by atoms with E-state index in [9.17, 15) is 4.55 Å². The quantitative estimate of drug-likeness (QED) is 0.586. The first-order chi connectivity index (χ1) is 12.6. The summed E-state index contributed by atoms with van der Waals surface area (Å²) >= 11 is -1.26. The third-order valence-electron chi connectivity index (χ3n) is 4.41. The van der Waals surface area contributed by atoms with Crippen molar-refractivity contribution in [3.8, 4) is 22.6 Å². The van der Waals surface area contributed by atoms with E-state index in [1.807, 2.05) is 74.5 Å². The molecule has 1 atom stereocenters. The summed E-state index contributed by atoms with van der Waals surface area (Å²) in [6.07, 6.45) is 0. The first-order valence-corrected chi connectivity index (χ1v) is 9.51. The molecule has 26 heavy (non-hydrogen) atoms. The summed E-state index contributed by atoms with van der Waals surface area (Å²) in [5.41, 5.74) is 4.03. The summed E-state index contributed by atoms with van der Waals surface area (Å²) < 4.78 is 24.1. The Morgan fingerprint density at radius 3 is 2.12 bits per heavy atom. The molecule has 0 radical (unpaired) electrons. The largest absolute Gasteiger partial charge is 0.606 e. The van der Waals surface area contributed by atoms with Gasteiger partial charge in [-0.1, -0.05) is 29.8 Å². The second-order valence-electron chi connectivity index (χ2n) is 6.05. The molecule has 0 aliphatic heterocycles. The van der Waals surface area contributed by atoms with Gasteiger partial charge in [0, 0.05) is 22.3 Å². The molecule has 0 N–H and O–H groups in total. The Balaban J connectivity index is 2.12. The Bertz CT molecular complexity index is 904. The van der Waals surface area contributed by atoms with Gasteiger partial charge in [-0.15, -0.1) is 0 Å². The van der Waals surface area contributed by atoms with Crippen molar-refractivity contribution < 1.29 is 14.0 Å². The van der Waals surface area contributed by atoms with Gasteiger partial charge in [0.15, 0.2) is 21.3 Å². The van der Waals surface area contributed by atoms with E-state index in [1.54, 1.807) is 14.2 Å². The van der Waals surface area contributed by atoms with Crippen molar-refractivity contribution in [1.82, 2.24) is 0 Å². The number of methoxy groups -OCH3 is 2. The van der Waals surface area contributed by atoms with Crippen LogP contribution in [-0.2, 0) is 11.2 Å². The van der Waals surface area contributed by atoms with Crippen LogP contribution in [0.1, 0.15) is 11.1 Å². The molecule has 3 aromatic carbocycles. The maximum Gasteiger partial charge on any atom is 0.166 e. The fourth-order valence-corrected chi connectivity index (χ4v) is 4.23. The highest BCUT2D eigenvalue weighted by Gasteiger charge is 2.22. The number of ether oxygens (including phenoxy) is 2. The molecule has 0 spiro atoms. The van der Waals surface area contributed by atoms with Gasteiger partial charge in [-0.25, -0.2) is 0 Å². The first-order valence-electron chi connectivity index (χ1n) is 8.36. The van der Waals surface area contributed by atoms with Crippen LogP contribution in [0.4, 0.5) is 0 Å². The van der Waals surface area contributed by atoms with Crippen LogP contribution in [0.15, 0.2) is 70.5 Å². The van der Waals surface area contributed by atoms with Crippen LogP contribution < -0.4 is 9.47 Å². The number of hydrogen-bond donors (Lipinski definition) is 0. The van der Waals surface area contributed by atoms with E-state index in [0.717, 1.165) is 32.0 Å². The van der Waals surface area contributed by atoms with Gasteiger partial charge >= 0.3 is 0 Å². The molecule has 3 nitrogen and oxygen atoms in total. The average molecular weight is 366 g/mol. The fourth-order valence-electron chi connectivity index (χ4n) is 3.01. The summed E-state index contributed by atoms with van der Waals surface area (Å²) in [5, 5.41) is 0. The lowest BCUT2D eigenvalue weighted by Crippen LogP contribution is -2.05. The van der Waals surface area contributed by atoms with Gasteiger partial charge in [-0.3, -0.25) is 0 Å². The Kier molecular flexibility index (Phi) is 5.55. The monoisotopic (exact) mass is 366 g/mol. The third kappa shape index (κ3) is 3.43. The van der Waals surface area contributed by atoms with Gasteiger partial charge in [0.25, 0.3) is 0 Å². The molecule has 3 aromatic rings. The zero-order valence-electron chi connectivity index (χ0n) is 15.4. The normalized spacial score (nSPS) is 11.9. The lowest BCUT2D eigenvalue weighted by molar-refractivity contribution is 0.353. The molecule has 1 unspecified atom stereocenters. The van der Waals surface area contributed by atoms with Crippen molar-refractivity contribution in [1.29, 1.82) is 0 Å². The van der Waals surface area contributed by atoms with Gasteiger partial charge in [-0.2, -0.15) is 0 Å². The fraction of sp³-hybridized carbons (Fsp3) is 0.182. The highest BCUT2D eigenvalue weighted by Crippen LogP contribution is 2.40. The molecule has 0 heterocycles. The van der Waals surface area contributed by atoms with E-state index in [4.69, 9.17) is 9.47 Å². The number of rotatable bonds is 5. The summed E-state index contributed by atoms with van der Waals surface area (Å²) in [6, 6.07) is 19.5. The van der Waals surface area contributed by atoms with E-state index in [-0.39, 0.29) is 0 Å². The topological polar surface area (TPSA) is 41.5 Å². The van der Waals surface area contributed by atoms with Crippen molar-refractivity contribution in [2.75, 3.05) is 14.2 Å². The van der Waals surface area contributed by atoms with Crippen LogP contribution in [0, 0.1) is 13.8 Å². The predicted molar refractivity (Wildman–Crippen MR) is 106 cm³/mol. The maximum absolute atomic E-state index is 13.2. The van der Waals surface area contributed by atoms with Gasteiger partial charge in [0.2, 0.25) is 0 Å². The second kappa shape index (κ2) is 7.85. The molecular weight excluding hydrogens is 344 g/mol. The number of benzene rings is 3. The Hall–Kier alpha value is -2.43. The molecule has 3 rings (SSSR count). The van der Waals surface area contributed by atoms with Gasteiger partial charge in [0.1, 0.15) is 0 Å². The summed E-state index contributed by atoms with van der Waals surface area (Å²) in [5.74, 6) is 1.38. The molecule has 0 aliphatic carbocycles. The van der Waals surface area contributed by atoms with Crippen molar-refractivity contribution in [2.45, 2.75) is 23.6 Å². The van der Waals surface area contributed by atoms with Crippen LogP contribution in [0.2, 0.25) is 0 Å². The van der Waals surface area contributed by atoms with Crippen molar-refractivity contribution in [3.63, 3.8) is 0 Å². The van der Waals surface area contributed by atoms with Crippen LogP contribution in [0.25, 0.3) is 11.1 Å². The predicted octanol–water partition coefficient (Wildman–Crippen LogP) is 5.15. The van der Waals surface area contributed by atoms with Gasteiger partial charge in [-0.05, 0) is 55.8 Å². The van der Waals surface area contributed by atoms with Crippen molar-refractivity contribution >= 4 is 11.2 Å². The SMILES string of the molecule is COc1ccc(-c2ccccc2[S+]([O-])c2ccc(C)cc2)c(C)c1OC. The standard InChI is InChI=1S/C22H22O3S/c1-15-9-11-17(12-10-15)26(23)21-8-6-5-7-19(21)18-13-14-20(24-3)22(25-4)16(18)2/h5-14H,1-4H3.